The minimum absolute atomic E-state index is 0.329. The fourth-order valence-corrected chi connectivity index (χ4v) is 2.84. The Morgan fingerprint density at radius 3 is 2.69 bits per heavy atom. The quantitative estimate of drug-likeness (QED) is 0.779. The van der Waals surface area contributed by atoms with Gasteiger partial charge >= 0.3 is 12.1 Å². The molecule has 1 saturated heterocycles. The van der Waals surface area contributed by atoms with Gasteiger partial charge < -0.3 is 4.74 Å². The summed E-state index contributed by atoms with van der Waals surface area (Å²) in [5, 5.41) is 2.31. The zero-order chi connectivity index (χ0) is 12.2. The normalized spacial score (nSPS) is 26.5. The van der Waals surface area contributed by atoms with Gasteiger partial charge in [0.15, 0.2) is 0 Å². The molecular formula is C9H14F3NO2S. The van der Waals surface area contributed by atoms with E-state index in [-0.39, 0.29) is 0 Å². The summed E-state index contributed by atoms with van der Waals surface area (Å²) in [6.07, 6.45) is -3.21. The highest BCUT2D eigenvalue weighted by Gasteiger charge is 2.43. The fraction of sp³-hybridized carbons (Fsp3) is 0.889. The van der Waals surface area contributed by atoms with E-state index in [1.165, 1.54) is 18.9 Å². The van der Waals surface area contributed by atoms with Gasteiger partial charge in [-0.15, -0.1) is 0 Å². The number of rotatable bonds is 3. The van der Waals surface area contributed by atoms with Gasteiger partial charge in [-0.05, 0) is 18.6 Å². The van der Waals surface area contributed by atoms with Crippen LogP contribution in [-0.4, -0.2) is 42.8 Å². The van der Waals surface area contributed by atoms with Gasteiger partial charge in [-0.25, -0.2) is 0 Å². The van der Waals surface area contributed by atoms with Crippen molar-refractivity contribution in [1.82, 2.24) is 5.32 Å². The Morgan fingerprint density at radius 1 is 1.56 bits per heavy atom. The minimum atomic E-state index is -4.32. The van der Waals surface area contributed by atoms with E-state index in [0.29, 0.717) is 18.6 Å². The summed E-state index contributed by atoms with van der Waals surface area (Å²) >= 11 is 1.47. The minimum Gasteiger partial charge on any atom is -0.468 e. The molecule has 0 aromatic heterocycles. The van der Waals surface area contributed by atoms with Gasteiger partial charge in [0.25, 0.3) is 0 Å². The summed E-state index contributed by atoms with van der Waals surface area (Å²) < 4.78 is 41.0. The number of thioether (sulfide) groups is 1. The molecule has 1 atom stereocenters. The van der Waals surface area contributed by atoms with E-state index in [0.717, 1.165) is 5.75 Å². The summed E-state index contributed by atoms with van der Waals surface area (Å²) in [6, 6.07) is 0. The molecule has 1 aliphatic rings. The maximum atomic E-state index is 12.1. The average Bonchev–Trinajstić information content (AvgIpc) is 2.25. The predicted octanol–water partition coefficient (Wildman–Crippen LogP) is 1.58. The molecule has 1 heterocycles. The molecule has 7 heteroatoms. The van der Waals surface area contributed by atoms with E-state index >= 15 is 0 Å². The van der Waals surface area contributed by atoms with Crippen LogP contribution in [0, 0.1) is 0 Å². The van der Waals surface area contributed by atoms with Crippen LogP contribution in [0.1, 0.15) is 12.8 Å². The Bertz CT molecular complexity index is 252. The summed E-state index contributed by atoms with van der Waals surface area (Å²) in [4.78, 5) is 11.5. The third-order valence-corrected chi connectivity index (χ3v) is 3.72. The van der Waals surface area contributed by atoms with Crippen molar-refractivity contribution in [3.63, 3.8) is 0 Å². The molecule has 1 unspecified atom stereocenters. The van der Waals surface area contributed by atoms with Gasteiger partial charge in [-0.2, -0.15) is 24.9 Å². The monoisotopic (exact) mass is 257 g/mol. The maximum Gasteiger partial charge on any atom is 0.401 e. The SMILES string of the molecule is COC(=O)C1(NCC(F)(F)F)CCCSC1. The molecule has 3 nitrogen and oxygen atoms in total. The van der Waals surface area contributed by atoms with Gasteiger partial charge in [0, 0.05) is 5.75 Å². The van der Waals surface area contributed by atoms with Gasteiger partial charge in [0.1, 0.15) is 5.54 Å². The lowest BCUT2D eigenvalue weighted by molar-refractivity contribution is -0.152. The first-order valence-corrected chi connectivity index (χ1v) is 6.03. The van der Waals surface area contributed by atoms with Crippen molar-refractivity contribution in [1.29, 1.82) is 0 Å². The molecule has 16 heavy (non-hydrogen) atoms. The Hall–Kier alpha value is -0.430. The van der Waals surface area contributed by atoms with Gasteiger partial charge in [-0.1, -0.05) is 0 Å². The van der Waals surface area contributed by atoms with Crippen LogP contribution < -0.4 is 5.32 Å². The molecule has 0 saturated carbocycles. The molecule has 0 amide bonds. The first-order chi connectivity index (χ1) is 7.40. The van der Waals surface area contributed by atoms with Crippen LogP contribution in [-0.2, 0) is 9.53 Å². The van der Waals surface area contributed by atoms with Crippen LogP contribution in [0.5, 0.6) is 0 Å². The first-order valence-electron chi connectivity index (χ1n) is 4.88. The molecule has 0 aromatic carbocycles. The molecule has 1 fully saturated rings. The Labute approximate surface area is 96.1 Å². The maximum absolute atomic E-state index is 12.1. The number of alkyl halides is 3. The molecule has 1 aliphatic heterocycles. The largest absolute Gasteiger partial charge is 0.468 e. The molecule has 0 spiro atoms. The number of hydrogen-bond acceptors (Lipinski definition) is 4. The van der Waals surface area contributed by atoms with Crippen molar-refractivity contribution in [2.75, 3.05) is 25.2 Å². The number of hydrogen-bond donors (Lipinski definition) is 1. The summed E-state index contributed by atoms with van der Waals surface area (Å²) in [7, 11) is 1.19. The summed E-state index contributed by atoms with van der Waals surface area (Å²) in [5.74, 6) is 0.589. The zero-order valence-corrected chi connectivity index (χ0v) is 9.71. The van der Waals surface area contributed by atoms with Crippen molar-refractivity contribution in [2.45, 2.75) is 24.6 Å². The molecular weight excluding hydrogens is 243 g/mol. The topological polar surface area (TPSA) is 38.3 Å². The predicted molar refractivity (Wildman–Crippen MR) is 55.4 cm³/mol. The number of halogens is 3. The van der Waals surface area contributed by atoms with Crippen LogP contribution in [0.4, 0.5) is 13.2 Å². The summed E-state index contributed by atoms with van der Waals surface area (Å²) in [6.45, 7) is -1.16. The first kappa shape index (κ1) is 13.6. The van der Waals surface area contributed by atoms with Crippen LogP contribution in [0.2, 0.25) is 0 Å². The molecule has 1 N–H and O–H groups in total. The molecule has 1 rings (SSSR count). The summed E-state index contributed by atoms with van der Waals surface area (Å²) in [5.41, 5.74) is -1.17. The fourth-order valence-electron chi connectivity index (χ4n) is 1.63. The second kappa shape index (κ2) is 5.27. The Balaban J connectivity index is 2.67. The highest BCUT2D eigenvalue weighted by molar-refractivity contribution is 7.99. The number of nitrogens with one attached hydrogen (secondary N) is 1. The van der Waals surface area contributed by atoms with Crippen LogP contribution >= 0.6 is 11.8 Å². The lowest BCUT2D eigenvalue weighted by Crippen LogP contribution is -2.58. The second-order valence-electron chi connectivity index (χ2n) is 3.70. The van der Waals surface area contributed by atoms with E-state index in [1.54, 1.807) is 0 Å². The number of methoxy groups -OCH3 is 1. The number of ether oxygens (including phenoxy) is 1. The average molecular weight is 257 g/mol. The van der Waals surface area contributed by atoms with Crippen molar-refractivity contribution in [3.05, 3.63) is 0 Å². The molecule has 0 bridgehead atoms. The van der Waals surface area contributed by atoms with Crippen molar-refractivity contribution >= 4 is 17.7 Å². The number of carbonyl (C=O) groups is 1. The molecule has 0 aromatic rings. The Morgan fingerprint density at radius 2 is 2.25 bits per heavy atom. The smallest absolute Gasteiger partial charge is 0.401 e. The zero-order valence-electron chi connectivity index (χ0n) is 8.89. The molecule has 94 valence electrons. The van der Waals surface area contributed by atoms with Crippen LogP contribution in [0.25, 0.3) is 0 Å². The lowest BCUT2D eigenvalue weighted by atomic mass is 9.95. The van der Waals surface area contributed by atoms with Gasteiger partial charge in [-0.3, -0.25) is 10.1 Å². The van der Waals surface area contributed by atoms with E-state index < -0.39 is 24.2 Å². The van der Waals surface area contributed by atoms with Crippen LogP contribution in [0.15, 0.2) is 0 Å². The highest BCUT2D eigenvalue weighted by atomic mass is 32.2. The third kappa shape index (κ3) is 3.55. The van der Waals surface area contributed by atoms with Crippen molar-refractivity contribution < 1.29 is 22.7 Å². The highest BCUT2D eigenvalue weighted by Crippen LogP contribution is 2.29. The molecule has 0 aliphatic carbocycles. The van der Waals surface area contributed by atoms with Crippen molar-refractivity contribution in [3.8, 4) is 0 Å². The van der Waals surface area contributed by atoms with Gasteiger partial charge in [0.05, 0.1) is 13.7 Å². The van der Waals surface area contributed by atoms with Crippen LogP contribution in [0.3, 0.4) is 0 Å². The Kier molecular flexibility index (Phi) is 4.49. The van der Waals surface area contributed by atoms with E-state index in [9.17, 15) is 18.0 Å². The third-order valence-electron chi connectivity index (χ3n) is 2.44. The van der Waals surface area contributed by atoms with E-state index in [1.807, 2.05) is 0 Å². The van der Waals surface area contributed by atoms with E-state index in [2.05, 4.69) is 10.1 Å². The lowest BCUT2D eigenvalue weighted by Gasteiger charge is -2.35. The second-order valence-corrected chi connectivity index (χ2v) is 4.80. The van der Waals surface area contributed by atoms with Gasteiger partial charge in [0.2, 0.25) is 0 Å². The number of esters is 1. The van der Waals surface area contributed by atoms with Crippen molar-refractivity contribution in [2.24, 2.45) is 0 Å². The van der Waals surface area contributed by atoms with E-state index in [4.69, 9.17) is 0 Å². The molecule has 0 radical (unpaired) electrons. The number of carbonyl (C=O) groups excluding carboxylic acids is 1. The standard InChI is InChI=1S/C9H14F3NO2S/c1-15-7(14)8(3-2-4-16-6-8)13-5-9(10,11)12/h13H,2-6H2,1H3.